The topological polar surface area (TPSA) is 49.4 Å². The van der Waals surface area contributed by atoms with Crippen LogP contribution in [0, 0.1) is 12.7 Å². The Labute approximate surface area is 193 Å². The number of benzene rings is 2. The minimum Gasteiger partial charge on any atom is -0.354 e. The van der Waals surface area contributed by atoms with Gasteiger partial charge in [-0.3, -0.25) is 9.59 Å². The Kier molecular flexibility index (Phi) is 10.3. The van der Waals surface area contributed by atoms with Crippen LogP contribution in [0.4, 0.5) is 4.39 Å². The van der Waals surface area contributed by atoms with Crippen LogP contribution in [0.15, 0.2) is 42.5 Å². The van der Waals surface area contributed by atoms with Crippen molar-refractivity contribution in [2.75, 3.05) is 12.3 Å². The fraction of sp³-hybridized carbons (Fsp3) is 0.417. The van der Waals surface area contributed by atoms with Crippen LogP contribution < -0.4 is 5.32 Å². The molecule has 168 valence electrons. The molecular formula is C24H30ClFN2O2S. The molecule has 2 aromatic rings. The van der Waals surface area contributed by atoms with Crippen molar-refractivity contribution in [2.24, 2.45) is 0 Å². The van der Waals surface area contributed by atoms with Gasteiger partial charge in [0.05, 0.1) is 5.75 Å². The molecule has 2 rings (SSSR count). The average Bonchev–Trinajstić information content (AvgIpc) is 2.73. The summed E-state index contributed by atoms with van der Waals surface area (Å²) >= 11 is 7.37. The fourth-order valence-corrected chi connectivity index (χ4v) is 4.37. The zero-order valence-electron chi connectivity index (χ0n) is 18.3. The number of nitrogens with zero attached hydrogens (tertiary/aromatic N) is 1. The molecule has 0 bridgehead atoms. The summed E-state index contributed by atoms with van der Waals surface area (Å²) in [6.07, 6.45) is 1.87. The highest BCUT2D eigenvalue weighted by Crippen LogP contribution is 2.24. The molecule has 0 unspecified atom stereocenters. The molecule has 0 aliphatic carbocycles. The molecule has 31 heavy (non-hydrogen) atoms. The molecule has 0 spiro atoms. The van der Waals surface area contributed by atoms with Gasteiger partial charge in [-0.05, 0) is 38.0 Å². The van der Waals surface area contributed by atoms with Gasteiger partial charge in [0, 0.05) is 29.4 Å². The SMILES string of the molecule is CCCCNC(=O)[C@@H](C)N(Cc1cccc(C)c1)C(=O)CSCc1c(F)cccc1Cl. The van der Waals surface area contributed by atoms with E-state index in [1.807, 2.05) is 31.2 Å². The number of hydrogen-bond donors (Lipinski definition) is 1. The Morgan fingerprint density at radius 2 is 1.97 bits per heavy atom. The Balaban J connectivity index is 2.08. The van der Waals surface area contributed by atoms with Crippen LogP contribution >= 0.6 is 23.4 Å². The van der Waals surface area contributed by atoms with Crippen molar-refractivity contribution in [2.45, 2.75) is 52.0 Å². The summed E-state index contributed by atoms with van der Waals surface area (Å²) in [7, 11) is 0. The zero-order chi connectivity index (χ0) is 22.8. The van der Waals surface area contributed by atoms with Gasteiger partial charge < -0.3 is 10.2 Å². The molecule has 4 nitrogen and oxygen atoms in total. The van der Waals surface area contributed by atoms with Gasteiger partial charge in [0.15, 0.2) is 0 Å². The van der Waals surface area contributed by atoms with Crippen LogP contribution in [0.5, 0.6) is 0 Å². The van der Waals surface area contributed by atoms with Gasteiger partial charge >= 0.3 is 0 Å². The quantitative estimate of drug-likeness (QED) is 0.456. The first-order chi connectivity index (χ1) is 14.8. The number of aryl methyl sites for hydroxylation is 1. The third-order valence-corrected chi connectivity index (χ3v) is 6.26. The van der Waals surface area contributed by atoms with E-state index in [2.05, 4.69) is 12.2 Å². The van der Waals surface area contributed by atoms with Crippen molar-refractivity contribution in [1.29, 1.82) is 0 Å². The Bertz CT molecular complexity index is 873. The van der Waals surface area contributed by atoms with Gasteiger partial charge in [0.1, 0.15) is 11.9 Å². The smallest absolute Gasteiger partial charge is 0.242 e. The molecule has 0 aliphatic rings. The van der Waals surface area contributed by atoms with E-state index in [9.17, 15) is 14.0 Å². The third kappa shape index (κ3) is 7.86. The standard InChI is InChI=1S/C24H30ClFN2O2S/c1-4-5-12-27-24(30)18(3)28(14-19-9-6-8-17(2)13-19)23(29)16-31-15-20-21(25)10-7-11-22(20)26/h6-11,13,18H,4-5,12,14-16H2,1-3H3,(H,27,30)/t18-/m1/s1. The number of nitrogens with one attached hydrogen (secondary N) is 1. The van der Waals surface area contributed by atoms with Gasteiger partial charge in [0.25, 0.3) is 0 Å². The second-order valence-corrected chi connectivity index (χ2v) is 8.92. The minimum atomic E-state index is -0.609. The van der Waals surface area contributed by atoms with Crippen molar-refractivity contribution in [1.82, 2.24) is 10.2 Å². The van der Waals surface area contributed by atoms with Gasteiger partial charge in [-0.2, -0.15) is 0 Å². The lowest BCUT2D eigenvalue weighted by molar-refractivity contribution is -0.138. The fourth-order valence-electron chi connectivity index (χ4n) is 3.12. The normalized spacial score (nSPS) is 11.8. The summed E-state index contributed by atoms with van der Waals surface area (Å²) in [5.74, 6) is -0.309. The second-order valence-electron chi connectivity index (χ2n) is 7.52. The summed E-state index contributed by atoms with van der Waals surface area (Å²) in [4.78, 5) is 27.3. The Hall–Kier alpha value is -2.05. The van der Waals surface area contributed by atoms with E-state index >= 15 is 0 Å². The summed E-state index contributed by atoms with van der Waals surface area (Å²) in [6, 6.07) is 11.8. The lowest BCUT2D eigenvalue weighted by Crippen LogP contribution is -2.48. The number of carbonyl (C=O) groups is 2. The van der Waals surface area contributed by atoms with Crippen molar-refractivity contribution in [3.8, 4) is 0 Å². The number of thioether (sulfide) groups is 1. The molecule has 0 aromatic heterocycles. The molecule has 2 aromatic carbocycles. The molecule has 1 N–H and O–H groups in total. The molecule has 0 fully saturated rings. The molecule has 2 amide bonds. The monoisotopic (exact) mass is 464 g/mol. The van der Waals surface area contributed by atoms with Crippen molar-refractivity contribution >= 4 is 35.2 Å². The number of unbranched alkanes of at least 4 members (excludes halogenated alkanes) is 1. The first kappa shape index (κ1) is 25.2. The van der Waals surface area contributed by atoms with E-state index in [-0.39, 0.29) is 29.1 Å². The molecular weight excluding hydrogens is 435 g/mol. The van der Waals surface area contributed by atoms with Gasteiger partial charge in [-0.1, -0.05) is 60.8 Å². The first-order valence-corrected chi connectivity index (χ1v) is 12.0. The molecule has 0 saturated carbocycles. The van der Waals surface area contributed by atoms with Crippen molar-refractivity contribution < 1.29 is 14.0 Å². The molecule has 0 aliphatic heterocycles. The summed E-state index contributed by atoms with van der Waals surface area (Å²) in [6.45, 7) is 6.72. The van der Waals surface area contributed by atoms with Crippen LogP contribution in [0.3, 0.4) is 0 Å². The van der Waals surface area contributed by atoms with Gasteiger partial charge in [-0.15, -0.1) is 11.8 Å². The van der Waals surface area contributed by atoms with E-state index in [0.717, 1.165) is 24.0 Å². The number of hydrogen-bond acceptors (Lipinski definition) is 3. The first-order valence-electron chi connectivity index (χ1n) is 10.5. The van der Waals surface area contributed by atoms with E-state index in [1.54, 1.807) is 24.0 Å². The molecule has 0 heterocycles. The highest BCUT2D eigenvalue weighted by atomic mass is 35.5. The summed E-state index contributed by atoms with van der Waals surface area (Å²) < 4.78 is 14.0. The predicted molar refractivity (Wildman–Crippen MR) is 127 cm³/mol. The zero-order valence-corrected chi connectivity index (χ0v) is 19.9. The third-order valence-electron chi connectivity index (χ3n) is 4.97. The van der Waals surface area contributed by atoms with Gasteiger partial charge in [0.2, 0.25) is 11.8 Å². The van der Waals surface area contributed by atoms with E-state index in [1.165, 1.54) is 17.8 Å². The number of halogens is 2. The van der Waals surface area contributed by atoms with Gasteiger partial charge in [-0.25, -0.2) is 4.39 Å². The highest BCUT2D eigenvalue weighted by molar-refractivity contribution is 7.99. The average molecular weight is 465 g/mol. The maximum absolute atomic E-state index is 14.0. The van der Waals surface area contributed by atoms with Crippen LogP contribution in [0.2, 0.25) is 5.02 Å². The second kappa shape index (κ2) is 12.7. The van der Waals surface area contributed by atoms with Crippen molar-refractivity contribution in [3.05, 3.63) is 70.0 Å². The maximum atomic E-state index is 14.0. The predicted octanol–water partition coefficient (Wildman–Crippen LogP) is 5.35. The van der Waals surface area contributed by atoms with E-state index in [4.69, 9.17) is 11.6 Å². The van der Waals surface area contributed by atoms with Crippen LogP contribution in [0.25, 0.3) is 0 Å². The lowest BCUT2D eigenvalue weighted by atomic mass is 10.1. The Morgan fingerprint density at radius 1 is 1.23 bits per heavy atom. The molecule has 1 atom stereocenters. The summed E-state index contributed by atoms with van der Waals surface area (Å²) in [5, 5.41) is 3.25. The maximum Gasteiger partial charge on any atom is 0.242 e. The number of carbonyl (C=O) groups excluding carboxylic acids is 2. The number of amides is 2. The van der Waals surface area contributed by atoms with Crippen LogP contribution in [-0.2, 0) is 21.9 Å². The lowest BCUT2D eigenvalue weighted by Gasteiger charge is -2.29. The minimum absolute atomic E-state index is 0.128. The molecule has 0 saturated heterocycles. The van der Waals surface area contributed by atoms with Crippen LogP contribution in [-0.4, -0.2) is 35.1 Å². The number of rotatable bonds is 11. The van der Waals surface area contributed by atoms with E-state index < -0.39 is 6.04 Å². The summed E-state index contributed by atoms with van der Waals surface area (Å²) in [5.41, 5.74) is 2.44. The molecule has 7 heteroatoms. The molecule has 0 radical (unpaired) electrons. The largest absolute Gasteiger partial charge is 0.354 e. The van der Waals surface area contributed by atoms with E-state index in [0.29, 0.717) is 23.7 Å². The highest BCUT2D eigenvalue weighted by Gasteiger charge is 2.26. The van der Waals surface area contributed by atoms with Crippen molar-refractivity contribution in [3.63, 3.8) is 0 Å². The Morgan fingerprint density at radius 3 is 2.65 bits per heavy atom. The van der Waals surface area contributed by atoms with Crippen LogP contribution in [0.1, 0.15) is 43.4 Å².